The molecule has 2 rings (SSSR count). The lowest BCUT2D eigenvalue weighted by molar-refractivity contribution is 0.161. The fourth-order valence-corrected chi connectivity index (χ4v) is 2.89. The second-order valence-electron chi connectivity index (χ2n) is 5.39. The Bertz CT molecular complexity index is 282. The number of nitrogens with zero attached hydrogens (tertiary/aromatic N) is 1. The van der Waals surface area contributed by atoms with E-state index in [0.29, 0.717) is 12.0 Å². The monoisotopic (exact) mass is 236 g/mol. The average Bonchev–Trinajstić information content (AvgIpc) is 2.82. The van der Waals surface area contributed by atoms with Crippen molar-refractivity contribution in [3.63, 3.8) is 0 Å². The van der Waals surface area contributed by atoms with Gasteiger partial charge in [0.1, 0.15) is 0 Å². The van der Waals surface area contributed by atoms with Gasteiger partial charge in [-0.05, 0) is 44.9 Å². The molecule has 0 aromatic rings. The molecule has 2 fully saturated rings. The van der Waals surface area contributed by atoms with Crippen LogP contribution in [0, 0.1) is 5.92 Å². The normalized spacial score (nSPS) is 26.6. The molecule has 1 atom stereocenters. The number of hydrogen-bond donors (Lipinski definition) is 1. The summed E-state index contributed by atoms with van der Waals surface area (Å²) in [5.41, 5.74) is 0. The van der Waals surface area contributed by atoms with E-state index in [1.165, 1.54) is 32.1 Å². The van der Waals surface area contributed by atoms with Gasteiger partial charge in [-0.15, -0.1) is 0 Å². The lowest BCUT2D eigenvalue weighted by Crippen LogP contribution is -2.46. The third-order valence-electron chi connectivity index (χ3n) is 4.04. The highest BCUT2D eigenvalue weighted by atomic mass is 16.2. The minimum Gasteiger partial charge on any atom is -0.322 e. The summed E-state index contributed by atoms with van der Waals surface area (Å²) in [4.78, 5) is 13.9. The van der Waals surface area contributed by atoms with E-state index in [9.17, 15) is 4.79 Å². The van der Waals surface area contributed by atoms with Gasteiger partial charge in [0.05, 0.1) is 0 Å². The lowest BCUT2D eigenvalue weighted by atomic mass is 10.0. The highest BCUT2D eigenvalue weighted by Gasteiger charge is 2.22. The van der Waals surface area contributed by atoms with Crippen LogP contribution in [-0.2, 0) is 0 Å². The molecule has 0 radical (unpaired) electrons. The van der Waals surface area contributed by atoms with Gasteiger partial charge in [-0.2, -0.15) is 0 Å². The van der Waals surface area contributed by atoms with Crippen molar-refractivity contribution in [1.29, 1.82) is 0 Å². The molecule has 2 amide bonds. The standard InChI is InChI=1S/C14H24N2O/c1-12-6-4-5-11-16(12)14(17)15-10-9-13-7-2-3-8-13/h9-10,12-13H,2-8,11H2,1H3,(H,15,17)/b10-9+. The molecule has 0 aromatic heterocycles. The van der Waals surface area contributed by atoms with Crippen LogP contribution in [0.3, 0.4) is 0 Å². The Labute approximate surface area is 104 Å². The maximum atomic E-state index is 11.9. The van der Waals surface area contributed by atoms with Gasteiger partial charge in [0.2, 0.25) is 0 Å². The van der Waals surface area contributed by atoms with Crippen LogP contribution in [-0.4, -0.2) is 23.5 Å². The van der Waals surface area contributed by atoms with Crippen molar-refractivity contribution in [2.24, 2.45) is 5.92 Å². The number of allylic oxidation sites excluding steroid dienone is 1. The Morgan fingerprint density at radius 1 is 1.18 bits per heavy atom. The van der Waals surface area contributed by atoms with E-state index in [0.717, 1.165) is 19.4 Å². The molecule has 0 spiro atoms. The summed E-state index contributed by atoms with van der Waals surface area (Å²) >= 11 is 0. The quantitative estimate of drug-likeness (QED) is 0.784. The van der Waals surface area contributed by atoms with E-state index in [1.807, 2.05) is 11.1 Å². The largest absolute Gasteiger partial charge is 0.322 e. The van der Waals surface area contributed by atoms with Crippen LogP contribution in [0.4, 0.5) is 4.79 Å². The molecular formula is C14H24N2O. The molecule has 1 aliphatic heterocycles. The molecular weight excluding hydrogens is 212 g/mol. The predicted molar refractivity (Wildman–Crippen MR) is 69.6 cm³/mol. The average molecular weight is 236 g/mol. The second kappa shape index (κ2) is 6.08. The SMILES string of the molecule is CC1CCCCN1C(=O)N/C=C/C1CCCC1. The number of hydrogen-bond acceptors (Lipinski definition) is 1. The third kappa shape index (κ3) is 3.48. The van der Waals surface area contributed by atoms with E-state index in [2.05, 4.69) is 18.3 Å². The smallest absolute Gasteiger partial charge is 0.321 e. The van der Waals surface area contributed by atoms with Gasteiger partial charge in [-0.1, -0.05) is 18.9 Å². The fourth-order valence-electron chi connectivity index (χ4n) is 2.89. The van der Waals surface area contributed by atoms with Crippen LogP contribution in [0.15, 0.2) is 12.3 Å². The molecule has 1 saturated carbocycles. The molecule has 2 aliphatic rings. The van der Waals surface area contributed by atoms with Crippen molar-refractivity contribution in [2.45, 2.75) is 57.9 Å². The summed E-state index contributed by atoms with van der Waals surface area (Å²) in [5.74, 6) is 0.689. The van der Waals surface area contributed by atoms with E-state index in [-0.39, 0.29) is 6.03 Å². The van der Waals surface area contributed by atoms with Crippen molar-refractivity contribution >= 4 is 6.03 Å². The Kier molecular flexibility index (Phi) is 4.46. The zero-order chi connectivity index (χ0) is 12.1. The molecule has 3 heteroatoms. The zero-order valence-corrected chi connectivity index (χ0v) is 10.8. The highest BCUT2D eigenvalue weighted by Crippen LogP contribution is 2.25. The summed E-state index contributed by atoms with van der Waals surface area (Å²) in [6.45, 7) is 3.05. The maximum absolute atomic E-state index is 11.9. The van der Waals surface area contributed by atoms with Crippen LogP contribution < -0.4 is 5.32 Å². The van der Waals surface area contributed by atoms with Crippen LogP contribution in [0.25, 0.3) is 0 Å². The number of carbonyl (C=O) groups excluding carboxylic acids is 1. The van der Waals surface area contributed by atoms with Gasteiger partial charge >= 0.3 is 6.03 Å². The minimum absolute atomic E-state index is 0.0754. The van der Waals surface area contributed by atoms with E-state index < -0.39 is 0 Å². The first kappa shape index (κ1) is 12.5. The number of amides is 2. The molecule has 0 aromatic carbocycles. The topological polar surface area (TPSA) is 32.3 Å². The first-order chi connectivity index (χ1) is 8.27. The van der Waals surface area contributed by atoms with Gasteiger partial charge in [-0.3, -0.25) is 0 Å². The third-order valence-corrected chi connectivity index (χ3v) is 4.04. The van der Waals surface area contributed by atoms with Crippen molar-refractivity contribution in [3.8, 4) is 0 Å². The highest BCUT2D eigenvalue weighted by molar-refractivity contribution is 5.75. The van der Waals surface area contributed by atoms with Gasteiger partial charge in [0.15, 0.2) is 0 Å². The van der Waals surface area contributed by atoms with Crippen molar-refractivity contribution in [3.05, 3.63) is 12.3 Å². The Morgan fingerprint density at radius 2 is 1.88 bits per heavy atom. The Balaban J connectivity index is 1.75. The number of piperidine rings is 1. The van der Waals surface area contributed by atoms with Gasteiger partial charge in [-0.25, -0.2) is 4.79 Å². The summed E-state index contributed by atoms with van der Waals surface area (Å²) in [5, 5.41) is 2.92. The first-order valence-corrected chi connectivity index (χ1v) is 7.01. The van der Waals surface area contributed by atoms with Crippen molar-refractivity contribution < 1.29 is 4.79 Å². The molecule has 17 heavy (non-hydrogen) atoms. The van der Waals surface area contributed by atoms with Crippen molar-refractivity contribution in [2.75, 3.05) is 6.54 Å². The molecule has 1 N–H and O–H groups in total. The molecule has 0 bridgehead atoms. The molecule has 1 aliphatic carbocycles. The van der Waals surface area contributed by atoms with Crippen LogP contribution in [0.5, 0.6) is 0 Å². The maximum Gasteiger partial charge on any atom is 0.321 e. The van der Waals surface area contributed by atoms with E-state index in [4.69, 9.17) is 0 Å². The number of urea groups is 1. The van der Waals surface area contributed by atoms with Crippen LogP contribution in [0.2, 0.25) is 0 Å². The summed E-state index contributed by atoms with van der Waals surface area (Å²) in [6.07, 6.45) is 12.8. The fraction of sp³-hybridized carbons (Fsp3) is 0.786. The molecule has 1 heterocycles. The predicted octanol–water partition coefficient (Wildman–Crippen LogP) is 3.27. The van der Waals surface area contributed by atoms with Crippen molar-refractivity contribution in [1.82, 2.24) is 10.2 Å². The van der Waals surface area contributed by atoms with Crippen LogP contribution in [0.1, 0.15) is 51.9 Å². The lowest BCUT2D eigenvalue weighted by Gasteiger charge is -2.32. The summed E-state index contributed by atoms with van der Waals surface area (Å²) < 4.78 is 0. The molecule has 1 unspecified atom stereocenters. The zero-order valence-electron chi connectivity index (χ0n) is 10.8. The molecule has 1 saturated heterocycles. The number of likely N-dealkylation sites (tertiary alicyclic amines) is 1. The second-order valence-corrected chi connectivity index (χ2v) is 5.39. The number of nitrogens with one attached hydrogen (secondary N) is 1. The van der Waals surface area contributed by atoms with E-state index >= 15 is 0 Å². The minimum atomic E-state index is 0.0754. The molecule has 3 nitrogen and oxygen atoms in total. The first-order valence-electron chi connectivity index (χ1n) is 7.01. The summed E-state index contributed by atoms with van der Waals surface area (Å²) in [6, 6.07) is 0.468. The molecule has 96 valence electrons. The van der Waals surface area contributed by atoms with Gasteiger partial charge in [0.25, 0.3) is 0 Å². The Hall–Kier alpha value is -0.990. The van der Waals surface area contributed by atoms with Crippen LogP contribution >= 0.6 is 0 Å². The number of carbonyl (C=O) groups is 1. The van der Waals surface area contributed by atoms with E-state index in [1.54, 1.807) is 0 Å². The Morgan fingerprint density at radius 3 is 2.59 bits per heavy atom. The van der Waals surface area contributed by atoms with Gasteiger partial charge in [0, 0.05) is 18.8 Å². The van der Waals surface area contributed by atoms with Gasteiger partial charge < -0.3 is 10.2 Å². The summed E-state index contributed by atoms with van der Waals surface area (Å²) in [7, 11) is 0. The number of rotatable bonds is 2.